The average Bonchev–Trinajstić information content (AvgIpc) is 2.38. The first kappa shape index (κ1) is 15.1. The van der Waals surface area contributed by atoms with E-state index in [0.29, 0.717) is 0 Å². The van der Waals surface area contributed by atoms with E-state index in [2.05, 4.69) is 5.32 Å². The van der Waals surface area contributed by atoms with Crippen molar-refractivity contribution >= 4 is 10.0 Å². The molecule has 1 rings (SSSR count). The molecule has 1 aromatic rings. The molecule has 0 aliphatic heterocycles. The van der Waals surface area contributed by atoms with Crippen molar-refractivity contribution in [3.05, 3.63) is 29.8 Å². The van der Waals surface area contributed by atoms with Crippen LogP contribution in [0.25, 0.3) is 0 Å². The van der Waals surface area contributed by atoms with Crippen LogP contribution in [0.2, 0.25) is 0 Å². The zero-order chi connectivity index (χ0) is 13.8. The van der Waals surface area contributed by atoms with Crippen LogP contribution in [0.4, 0.5) is 0 Å². The van der Waals surface area contributed by atoms with Crippen LogP contribution in [-0.4, -0.2) is 45.1 Å². The lowest BCUT2D eigenvalue weighted by Gasteiger charge is -2.17. The summed E-state index contributed by atoms with van der Waals surface area (Å²) in [6.07, 6.45) is 0. The topological polar surface area (TPSA) is 69.6 Å². The third kappa shape index (κ3) is 3.29. The van der Waals surface area contributed by atoms with Crippen LogP contribution in [0, 0.1) is 0 Å². The van der Waals surface area contributed by atoms with Gasteiger partial charge in [-0.1, -0.05) is 12.1 Å². The average molecular weight is 272 g/mol. The molecule has 0 fully saturated rings. The van der Waals surface area contributed by atoms with Crippen molar-refractivity contribution in [2.75, 3.05) is 27.2 Å². The molecule has 0 saturated heterocycles. The van der Waals surface area contributed by atoms with Crippen LogP contribution in [0.5, 0.6) is 0 Å². The molecule has 0 spiro atoms. The maximum absolute atomic E-state index is 12.1. The van der Waals surface area contributed by atoms with Crippen LogP contribution in [0.15, 0.2) is 29.2 Å². The van der Waals surface area contributed by atoms with E-state index in [0.717, 1.165) is 9.87 Å². The van der Waals surface area contributed by atoms with Gasteiger partial charge in [0, 0.05) is 19.6 Å². The molecule has 102 valence electrons. The van der Waals surface area contributed by atoms with Crippen molar-refractivity contribution in [2.45, 2.75) is 17.9 Å². The Bertz CT molecular complexity index is 471. The monoisotopic (exact) mass is 272 g/mol. The van der Waals surface area contributed by atoms with Gasteiger partial charge < -0.3 is 10.4 Å². The first-order valence-corrected chi connectivity index (χ1v) is 7.22. The van der Waals surface area contributed by atoms with Crippen molar-refractivity contribution < 1.29 is 13.5 Å². The highest BCUT2D eigenvalue weighted by Crippen LogP contribution is 2.18. The lowest BCUT2D eigenvalue weighted by atomic mass is 10.1. The Morgan fingerprint density at radius 2 is 1.89 bits per heavy atom. The molecule has 1 unspecified atom stereocenters. The Hall–Kier alpha value is -0.950. The number of aliphatic hydroxyl groups is 1. The number of aliphatic hydroxyl groups excluding tert-OH is 1. The summed E-state index contributed by atoms with van der Waals surface area (Å²) in [4.78, 5) is 0.241. The Morgan fingerprint density at radius 1 is 1.33 bits per heavy atom. The first-order valence-electron chi connectivity index (χ1n) is 5.78. The summed E-state index contributed by atoms with van der Waals surface area (Å²) in [5.74, 6) is 0. The molecular weight excluding hydrogens is 252 g/mol. The van der Waals surface area contributed by atoms with Gasteiger partial charge in [0.1, 0.15) is 0 Å². The first-order chi connectivity index (χ1) is 8.43. The molecule has 18 heavy (non-hydrogen) atoms. The minimum Gasteiger partial charge on any atom is -0.395 e. The van der Waals surface area contributed by atoms with E-state index < -0.39 is 10.0 Å². The number of sulfonamides is 1. The quantitative estimate of drug-likeness (QED) is 0.795. The maximum atomic E-state index is 12.1. The molecule has 0 aromatic heterocycles. The summed E-state index contributed by atoms with van der Waals surface area (Å²) >= 11 is 0. The van der Waals surface area contributed by atoms with Gasteiger partial charge in [0.05, 0.1) is 11.5 Å². The normalized spacial score (nSPS) is 13.8. The Balaban J connectivity index is 2.98. The molecule has 0 saturated carbocycles. The summed E-state index contributed by atoms with van der Waals surface area (Å²) in [6, 6.07) is 6.94. The van der Waals surface area contributed by atoms with Gasteiger partial charge >= 0.3 is 0 Å². The highest BCUT2D eigenvalue weighted by Gasteiger charge is 2.20. The summed E-state index contributed by atoms with van der Waals surface area (Å²) in [5.41, 5.74) is 1.03. The summed E-state index contributed by atoms with van der Waals surface area (Å²) in [5, 5.41) is 11.9. The summed E-state index contributed by atoms with van der Waals surface area (Å²) in [7, 11) is -0.192. The molecule has 0 radical (unpaired) electrons. The van der Waals surface area contributed by atoms with E-state index in [4.69, 9.17) is 5.11 Å². The van der Waals surface area contributed by atoms with Gasteiger partial charge in [-0.3, -0.25) is 0 Å². The zero-order valence-corrected chi connectivity index (χ0v) is 11.7. The molecule has 2 N–H and O–H groups in total. The molecular formula is C12H20N2O3S. The number of benzene rings is 1. The van der Waals surface area contributed by atoms with Gasteiger partial charge in [0.2, 0.25) is 10.0 Å². The maximum Gasteiger partial charge on any atom is 0.242 e. The van der Waals surface area contributed by atoms with Crippen molar-refractivity contribution in [3.63, 3.8) is 0 Å². The highest BCUT2D eigenvalue weighted by molar-refractivity contribution is 7.89. The van der Waals surface area contributed by atoms with E-state index in [9.17, 15) is 8.42 Å². The van der Waals surface area contributed by atoms with E-state index >= 15 is 0 Å². The SMILES string of the molecule is CNC(C)c1ccc(S(=O)(=O)N(C)CCO)cc1. The number of rotatable bonds is 6. The minimum atomic E-state index is -3.50. The van der Waals surface area contributed by atoms with E-state index in [-0.39, 0.29) is 24.1 Å². The van der Waals surface area contributed by atoms with Crippen molar-refractivity contribution in [1.29, 1.82) is 0 Å². The van der Waals surface area contributed by atoms with Crippen molar-refractivity contribution in [1.82, 2.24) is 9.62 Å². The smallest absolute Gasteiger partial charge is 0.242 e. The summed E-state index contributed by atoms with van der Waals surface area (Å²) in [6.45, 7) is 1.91. The van der Waals surface area contributed by atoms with Gasteiger partial charge in [-0.05, 0) is 31.7 Å². The number of hydrogen-bond acceptors (Lipinski definition) is 4. The fourth-order valence-corrected chi connectivity index (χ4v) is 2.70. The number of hydrogen-bond donors (Lipinski definition) is 2. The third-order valence-electron chi connectivity index (χ3n) is 2.94. The predicted molar refractivity (Wildman–Crippen MR) is 70.8 cm³/mol. The van der Waals surface area contributed by atoms with E-state index in [1.807, 2.05) is 14.0 Å². The molecule has 5 nitrogen and oxygen atoms in total. The molecule has 0 aliphatic rings. The standard InChI is InChI=1S/C12H20N2O3S/c1-10(13-2)11-4-6-12(7-5-11)18(16,17)14(3)8-9-15/h4-7,10,13,15H,8-9H2,1-3H3. The number of nitrogens with one attached hydrogen (secondary N) is 1. The van der Waals surface area contributed by atoms with Crippen molar-refractivity contribution in [2.24, 2.45) is 0 Å². The van der Waals surface area contributed by atoms with E-state index in [1.165, 1.54) is 7.05 Å². The molecule has 1 aromatic carbocycles. The lowest BCUT2D eigenvalue weighted by molar-refractivity contribution is 0.266. The Morgan fingerprint density at radius 3 is 2.33 bits per heavy atom. The van der Waals surface area contributed by atoms with Gasteiger partial charge in [-0.15, -0.1) is 0 Å². The zero-order valence-electron chi connectivity index (χ0n) is 10.9. The van der Waals surface area contributed by atoms with Gasteiger partial charge in [-0.25, -0.2) is 8.42 Å². The molecule has 0 amide bonds. The van der Waals surface area contributed by atoms with Crippen molar-refractivity contribution in [3.8, 4) is 0 Å². The van der Waals surface area contributed by atoms with Gasteiger partial charge in [-0.2, -0.15) is 4.31 Å². The summed E-state index contributed by atoms with van der Waals surface area (Å²) < 4.78 is 25.3. The van der Waals surface area contributed by atoms with Crippen LogP contribution >= 0.6 is 0 Å². The molecule has 0 heterocycles. The number of nitrogens with zero attached hydrogens (tertiary/aromatic N) is 1. The Labute approximate surface area is 108 Å². The lowest BCUT2D eigenvalue weighted by Crippen LogP contribution is -2.29. The van der Waals surface area contributed by atoms with Gasteiger partial charge in [0.25, 0.3) is 0 Å². The van der Waals surface area contributed by atoms with Crippen LogP contribution in [-0.2, 0) is 10.0 Å². The fraction of sp³-hybridized carbons (Fsp3) is 0.500. The van der Waals surface area contributed by atoms with Crippen LogP contribution < -0.4 is 5.32 Å². The fourth-order valence-electron chi connectivity index (χ4n) is 1.54. The highest BCUT2D eigenvalue weighted by atomic mass is 32.2. The predicted octanol–water partition coefficient (Wildman–Crippen LogP) is 0.580. The largest absolute Gasteiger partial charge is 0.395 e. The van der Waals surface area contributed by atoms with Crippen LogP contribution in [0.1, 0.15) is 18.5 Å². The number of likely N-dealkylation sites (N-methyl/N-ethyl adjacent to an activating group) is 1. The third-order valence-corrected chi connectivity index (χ3v) is 4.81. The molecule has 6 heteroatoms. The molecule has 0 aliphatic carbocycles. The second-order valence-electron chi connectivity index (χ2n) is 4.13. The second kappa shape index (κ2) is 6.29. The molecule has 1 atom stereocenters. The van der Waals surface area contributed by atoms with Gasteiger partial charge in [0.15, 0.2) is 0 Å². The molecule has 0 bridgehead atoms. The minimum absolute atomic E-state index is 0.0942. The van der Waals surface area contributed by atoms with Crippen LogP contribution in [0.3, 0.4) is 0 Å². The second-order valence-corrected chi connectivity index (χ2v) is 6.17. The van der Waals surface area contributed by atoms with E-state index in [1.54, 1.807) is 24.3 Å². The Kier molecular flexibility index (Phi) is 5.28.